The molecule has 0 aliphatic rings. The van der Waals surface area contributed by atoms with Gasteiger partial charge in [-0.15, -0.1) is 0 Å². The van der Waals surface area contributed by atoms with Crippen molar-refractivity contribution >= 4 is 11.2 Å². The minimum absolute atomic E-state index is 0.0604. The zero-order valence-electron chi connectivity index (χ0n) is 9.05. The summed E-state index contributed by atoms with van der Waals surface area (Å²) in [5.41, 5.74) is 4.10. The van der Waals surface area contributed by atoms with E-state index in [2.05, 4.69) is 35.7 Å². The van der Waals surface area contributed by atoms with Crippen LogP contribution in [0.2, 0.25) is 0 Å². The summed E-state index contributed by atoms with van der Waals surface area (Å²) in [6.45, 7) is 8.47. The quantitative estimate of drug-likeness (QED) is 0.692. The molecule has 0 fully saturated rings. The van der Waals surface area contributed by atoms with Gasteiger partial charge >= 0.3 is 0 Å². The van der Waals surface area contributed by atoms with Gasteiger partial charge in [0.15, 0.2) is 5.65 Å². The first-order chi connectivity index (χ1) is 6.48. The Bertz CT molecular complexity index is 463. The lowest BCUT2D eigenvalue weighted by Gasteiger charge is -2.16. The number of nitrogens with zero attached hydrogens (tertiary/aromatic N) is 2. The lowest BCUT2D eigenvalue weighted by Crippen LogP contribution is -2.13. The van der Waals surface area contributed by atoms with E-state index in [1.807, 2.05) is 19.3 Å². The van der Waals surface area contributed by atoms with Gasteiger partial charge in [0.1, 0.15) is 5.52 Å². The van der Waals surface area contributed by atoms with Crippen LogP contribution in [-0.2, 0) is 5.41 Å². The van der Waals surface area contributed by atoms with E-state index >= 15 is 0 Å². The summed E-state index contributed by atoms with van der Waals surface area (Å²) in [6, 6.07) is 0. The number of hydrogen-bond acceptors (Lipinski definition) is 2. The predicted molar refractivity (Wildman–Crippen MR) is 57.3 cm³/mol. The first kappa shape index (κ1) is 9.19. The van der Waals surface area contributed by atoms with Crippen LogP contribution in [0.25, 0.3) is 11.2 Å². The molecule has 2 aromatic heterocycles. The standard InChI is InChI=1S/C11H15N3/c1-7-5-12-10-9(7)14-8(6-13-10)11(2,3)4/h5-6H,1-4H3,(H,12,13). The SMILES string of the molecule is Cc1c[nH]c2ncc(C(C)(C)C)nc12. The van der Waals surface area contributed by atoms with Crippen molar-refractivity contribution in [3.05, 3.63) is 23.7 Å². The van der Waals surface area contributed by atoms with Gasteiger partial charge in [-0.05, 0) is 12.5 Å². The van der Waals surface area contributed by atoms with Crippen molar-refractivity contribution < 1.29 is 0 Å². The van der Waals surface area contributed by atoms with Crippen molar-refractivity contribution in [3.63, 3.8) is 0 Å². The summed E-state index contributed by atoms with van der Waals surface area (Å²) in [6.07, 6.45) is 3.79. The van der Waals surface area contributed by atoms with Gasteiger partial charge in [-0.25, -0.2) is 9.97 Å². The van der Waals surface area contributed by atoms with Gasteiger partial charge in [-0.1, -0.05) is 20.8 Å². The van der Waals surface area contributed by atoms with E-state index in [-0.39, 0.29) is 5.41 Å². The van der Waals surface area contributed by atoms with Crippen LogP contribution in [0.4, 0.5) is 0 Å². The Morgan fingerprint density at radius 2 is 2.00 bits per heavy atom. The molecule has 0 saturated heterocycles. The molecule has 0 aliphatic heterocycles. The van der Waals surface area contributed by atoms with E-state index in [9.17, 15) is 0 Å². The average Bonchev–Trinajstić information content (AvgIpc) is 2.46. The van der Waals surface area contributed by atoms with Crippen LogP contribution in [0.3, 0.4) is 0 Å². The maximum atomic E-state index is 4.61. The summed E-state index contributed by atoms with van der Waals surface area (Å²) in [5.74, 6) is 0. The number of aromatic nitrogens is 3. The second-order valence-electron chi connectivity index (χ2n) is 4.67. The van der Waals surface area contributed by atoms with E-state index in [1.54, 1.807) is 0 Å². The van der Waals surface area contributed by atoms with Crippen LogP contribution in [0.1, 0.15) is 32.0 Å². The van der Waals surface area contributed by atoms with Crippen LogP contribution >= 0.6 is 0 Å². The fraction of sp³-hybridized carbons (Fsp3) is 0.455. The van der Waals surface area contributed by atoms with Crippen molar-refractivity contribution in [2.45, 2.75) is 33.1 Å². The molecule has 0 aliphatic carbocycles. The van der Waals surface area contributed by atoms with Crippen LogP contribution in [0.15, 0.2) is 12.4 Å². The Labute approximate surface area is 83.6 Å². The Balaban J connectivity index is 2.66. The van der Waals surface area contributed by atoms with Crippen LogP contribution in [-0.4, -0.2) is 15.0 Å². The molecule has 2 aromatic rings. The Morgan fingerprint density at radius 3 is 2.64 bits per heavy atom. The van der Waals surface area contributed by atoms with Crippen LogP contribution in [0, 0.1) is 6.92 Å². The predicted octanol–water partition coefficient (Wildman–Crippen LogP) is 2.56. The fourth-order valence-corrected chi connectivity index (χ4v) is 1.38. The summed E-state index contributed by atoms with van der Waals surface area (Å²) in [5, 5.41) is 0. The van der Waals surface area contributed by atoms with Crippen LogP contribution < -0.4 is 0 Å². The van der Waals surface area contributed by atoms with Gasteiger partial charge in [-0.3, -0.25) is 0 Å². The lowest BCUT2D eigenvalue weighted by atomic mass is 9.93. The normalized spacial score (nSPS) is 12.3. The highest BCUT2D eigenvalue weighted by Crippen LogP contribution is 2.22. The maximum Gasteiger partial charge on any atom is 0.156 e. The van der Waals surface area contributed by atoms with Crippen molar-refractivity contribution in [2.75, 3.05) is 0 Å². The lowest BCUT2D eigenvalue weighted by molar-refractivity contribution is 0.568. The second-order valence-corrected chi connectivity index (χ2v) is 4.67. The van der Waals surface area contributed by atoms with Crippen molar-refractivity contribution in [3.8, 4) is 0 Å². The molecule has 0 atom stereocenters. The van der Waals surface area contributed by atoms with E-state index in [0.29, 0.717) is 0 Å². The highest BCUT2D eigenvalue weighted by atomic mass is 14.9. The molecule has 3 nitrogen and oxygen atoms in total. The molecule has 2 heterocycles. The third-order valence-electron chi connectivity index (χ3n) is 2.34. The van der Waals surface area contributed by atoms with E-state index in [4.69, 9.17) is 0 Å². The van der Waals surface area contributed by atoms with Gasteiger partial charge in [-0.2, -0.15) is 0 Å². The molecule has 1 N–H and O–H groups in total. The van der Waals surface area contributed by atoms with Gasteiger partial charge < -0.3 is 4.98 Å². The minimum atomic E-state index is 0.0604. The second kappa shape index (κ2) is 2.80. The molecule has 0 unspecified atom stereocenters. The Hall–Kier alpha value is -1.38. The molecular formula is C11H15N3. The Morgan fingerprint density at radius 1 is 1.29 bits per heavy atom. The molecule has 0 saturated carbocycles. The Kier molecular flexibility index (Phi) is 1.84. The highest BCUT2D eigenvalue weighted by molar-refractivity contribution is 5.74. The topological polar surface area (TPSA) is 41.6 Å². The van der Waals surface area contributed by atoms with Gasteiger partial charge in [0.2, 0.25) is 0 Å². The number of nitrogens with one attached hydrogen (secondary N) is 1. The van der Waals surface area contributed by atoms with Gasteiger partial charge in [0, 0.05) is 11.6 Å². The number of rotatable bonds is 0. The molecular weight excluding hydrogens is 174 g/mol. The summed E-state index contributed by atoms with van der Waals surface area (Å²) in [4.78, 5) is 12.1. The van der Waals surface area contributed by atoms with Crippen LogP contribution in [0.5, 0.6) is 0 Å². The smallest absolute Gasteiger partial charge is 0.156 e. The monoisotopic (exact) mass is 189 g/mol. The molecule has 0 spiro atoms. The number of aromatic amines is 1. The van der Waals surface area contributed by atoms with E-state index in [0.717, 1.165) is 22.4 Å². The molecule has 2 rings (SSSR count). The molecule has 0 aromatic carbocycles. The summed E-state index contributed by atoms with van der Waals surface area (Å²) >= 11 is 0. The molecule has 0 bridgehead atoms. The summed E-state index contributed by atoms with van der Waals surface area (Å²) < 4.78 is 0. The fourth-order valence-electron chi connectivity index (χ4n) is 1.38. The van der Waals surface area contributed by atoms with Gasteiger partial charge in [0.05, 0.1) is 11.9 Å². The third kappa shape index (κ3) is 1.39. The van der Waals surface area contributed by atoms with E-state index in [1.165, 1.54) is 0 Å². The number of hydrogen-bond donors (Lipinski definition) is 1. The maximum absolute atomic E-state index is 4.61. The average molecular weight is 189 g/mol. The zero-order valence-corrected chi connectivity index (χ0v) is 9.05. The molecule has 0 amide bonds. The molecule has 14 heavy (non-hydrogen) atoms. The molecule has 0 radical (unpaired) electrons. The first-order valence-corrected chi connectivity index (χ1v) is 4.80. The van der Waals surface area contributed by atoms with E-state index < -0.39 is 0 Å². The van der Waals surface area contributed by atoms with Gasteiger partial charge in [0.25, 0.3) is 0 Å². The van der Waals surface area contributed by atoms with Crippen molar-refractivity contribution in [1.29, 1.82) is 0 Å². The molecule has 3 heteroatoms. The first-order valence-electron chi connectivity index (χ1n) is 4.80. The third-order valence-corrected chi connectivity index (χ3v) is 2.34. The summed E-state index contributed by atoms with van der Waals surface area (Å²) in [7, 11) is 0. The zero-order chi connectivity index (χ0) is 10.3. The van der Waals surface area contributed by atoms with Crippen molar-refractivity contribution in [2.24, 2.45) is 0 Å². The van der Waals surface area contributed by atoms with Crippen molar-refractivity contribution in [1.82, 2.24) is 15.0 Å². The largest absolute Gasteiger partial charge is 0.345 e. The highest BCUT2D eigenvalue weighted by Gasteiger charge is 2.16. The number of aryl methyl sites for hydroxylation is 1. The molecule has 74 valence electrons. The minimum Gasteiger partial charge on any atom is -0.345 e. The number of fused-ring (bicyclic) bond motifs is 1. The number of H-pyrrole nitrogens is 1.